The van der Waals surface area contributed by atoms with Gasteiger partial charge in [0.2, 0.25) is 10.5 Å². The molecule has 6 nitrogen and oxygen atoms in total. The summed E-state index contributed by atoms with van der Waals surface area (Å²) in [7, 11) is 0. The molecule has 0 unspecified atom stereocenters. The van der Waals surface area contributed by atoms with Gasteiger partial charge in [0.15, 0.2) is 0 Å². The Kier molecular flexibility index (Phi) is 2.51. The molecule has 2 N–H and O–H groups in total. The van der Waals surface area contributed by atoms with Crippen LogP contribution in [0.1, 0.15) is 5.56 Å². The molecule has 1 aromatic carbocycles. The maximum atomic E-state index is 12.2. The summed E-state index contributed by atoms with van der Waals surface area (Å²) in [5.74, 6) is 0.285. The Morgan fingerprint density at radius 1 is 1.26 bits per heavy atom. The Balaban J connectivity index is 2.48. The van der Waals surface area contributed by atoms with E-state index in [2.05, 4.69) is 15.2 Å². The van der Waals surface area contributed by atoms with Gasteiger partial charge in [0, 0.05) is 5.56 Å². The van der Waals surface area contributed by atoms with Crippen LogP contribution in [0.25, 0.3) is 17.0 Å². The largest absolute Gasteiger partial charge is 0.280 e. The monoisotopic (exact) mass is 269 g/mol. The highest BCUT2D eigenvalue weighted by atomic mass is 32.1. The summed E-state index contributed by atoms with van der Waals surface area (Å²) < 4.78 is 1.35. The van der Waals surface area contributed by atoms with Crippen LogP contribution in [0.15, 0.2) is 35.1 Å². The van der Waals surface area contributed by atoms with Crippen LogP contribution in [0.4, 0.5) is 0 Å². The maximum Gasteiger partial charge on any atom is 0.280 e. The van der Waals surface area contributed by atoms with Crippen molar-refractivity contribution in [3.05, 3.63) is 51.0 Å². The smallest absolute Gasteiger partial charge is 0.273 e. The predicted octanol–water partition coefficient (Wildman–Crippen LogP) is 1.62. The van der Waals surface area contributed by atoms with Crippen molar-refractivity contribution in [3.8, 4) is 17.3 Å². The van der Waals surface area contributed by atoms with Gasteiger partial charge in [-0.1, -0.05) is 30.3 Å². The zero-order valence-corrected chi connectivity index (χ0v) is 10.4. The standard InChI is InChI=1S/C12H7N5OS/c13-6-8-9(7-4-2-1-3-5-7)14-11-15-16-12(19)17(11)10(8)18/h1-5H,(H,14,15)(H,16,19). The van der Waals surface area contributed by atoms with E-state index in [0.717, 1.165) is 0 Å². The lowest BCUT2D eigenvalue weighted by Crippen LogP contribution is -2.18. The third kappa shape index (κ3) is 1.66. The molecule has 0 aliphatic carbocycles. The second-order valence-electron chi connectivity index (χ2n) is 3.83. The Hall–Kier alpha value is -2.72. The minimum Gasteiger partial charge on any atom is -0.273 e. The van der Waals surface area contributed by atoms with E-state index in [1.54, 1.807) is 12.1 Å². The lowest BCUT2D eigenvalue weighted by atomic mass is 10.1. The summed E-state index contributed by atoms with van der Waals surface area (Å²) in [6.45, 7) is 0. The number of fused-ring (bicyclic) bond motifs is 1. The molecule has 19 heavy (non-hydrogen) atoms. The Morgan fingerprint density at radius 2 is 2.00 bits per heavy atom. The van der Waals surface area contributed by atoms with Crippen molar-refractivity contribution >= 4 is 18.0 Å². The topological polar surface area (TPSA) is 89.7 Å². The van der Waals surface area contributed by atoms with Crippen LogP contribution >= 0.6 is 12.2 Å². The molecular weight excluding hydrogens is 262 g/mol. The number of H-pyrrole nitrogens is 2. The molecule has 3 rings (SSSR count). The van der Waals surface area contributed by atoms with Crippen molar-refractivity contribution in [2.45, 2.75) is 0 Å². The molecule has 0 saturated heterocycles. The van der Waals surface area contributed by atoms with Gasteiger partial charge in [0.25, 0.3) is 5.56 Å². The molecule has 0 amide bonds. The van der Waals surface area contributed by atoms with E-state index in [-0.39, 0.29) is 16.1 Å². The van der Waals surface area contributed by atoms with Crippen LogP contribution < -0.4 is 5.56 Å². The van der Waals surface area contributed by atoms with Crippen LogP contribution in [-0.2, 0) is 0 Å². The van der Waals surface area contributed by atoms with Crippen molar-refractivity contribution in [2.24, 2.45) is 0 Å². The maximum absolute atomic E-state index is 12.2. The number of nitriles is 1. The van der Waals surface area contributed by atoms with E-state index in [0.29, 0.717) is 11.3 Å². The first-order chi connectivity index (χ1) is 9.22. The summed E-state index contributed by atoms with van der Waals surface area (Å²) in [5, 5.41) is 14.5. The fourth-order valence-electron chi connectivity index (χ4n) is 1.86. The van der Waals surface area contributed by atoms with E-state index in [9.17, 15) is 10.1 Å². The van der Waals surface area contributed by atoms with Crippen LogP contribution in [0.3, 0.4) is 0 Å². The van der Waals surface area contributed by atoms with Gasteiger partial charge in [-0.15, -0.1) is 0 Å². The molecule has 0 spiro atoms. The number of aromatic amines is 2. The number of nitrogens with one attached hydrogen (secondary N) is 2. The van der Waals surface area contributed by atoms with E-state index < -0.39 is 5.56 Å². The number of benzene rings is 1. The van der Waals surface area contributed by atoms with Gasteiger partial charge in [-0.05, 0) is 12.2 Å². The summed E-state index contributed by atoms with van der Waals surface area (Å²) >= 11 is 4.97. The number of rotatable bonds is 1. The van der Waals surface area contributed by atoms with Gasteiger partial charge in [0.1, 0.15) is 11.6 Å². The highest BCUT2D eigenvalue weighted by Crippen LogP contribution is 2.18. The summed E-state index contributed by atoms with van der Waals surface area (Å²) in [6.07, 6.45) is 0. The normalized spacial score (nSPS) is 10.5. The average molecular weight is 269 g/mol. The van der Waals surface area contributed by atoms with Crippen LogP contribution in [0.5, 0.6) is 0 Å². The lowest BCUT2D eigenvalue weighted by molar-refractivity contribution is 1.02. The summed E-state index contributed by atoms with van der Waals surface area (Å²) in [6, 6.07) is 11.0. The van der Waals surface area contributed by atoms with Gasteiger partial charge >= 0.3 is 0 Å². The third-order valence-corrected chi connectivity index (χ3v) is 3.01. The molecular formula is C12H7N5OS. The minimum absolute atomic E-state index is 0.0252. The Morgan fingerprint density at radius 3 is 2.68 bits per heavy atom. The fourth-order valence-corrected chi connectivity index (χ4v) is 2.08. The molecule has 2 aromatic heterocycles. The van der Waals surface area contributed by atoms with Crippen molar-refractivity contribution in [2.75, 3.05) is 0 Å². The first-order valence-corrected chi connectivity index (χ1v) is 5.82. The highest BCUT2D eigenvalue weighted by Gasteiger charge is 2.15. The fraction of sp³-hybridized carbons (Fsp3) is 0. The van der Waals surface area contributed by atoms with Gasteiger partial charge in [0.05, 0.1) is 5.69 Å². The molecule has 3 aromatic rings. The SMILES string of the molecule is N#Cc1c(-c2ccccc2)nc2[nH][nH]c(=S)n2c1=O. The molecule has 0 aliphatic rings. The number of hydrogen-bond donors (Lipinski definition) is 2. The van der Waals surface area contributed by atoms with Crippen LogP contribution in [0.2, 0.25) is 0 Å². The van der Waals surface area contributed by atoms with E-state index >= 15 is 0 Å². The van der Waals surface area contributed by atoms with Crippen molar-refractivity contribution in [3.63, 3.8) is 0 Å². The second kappa shape index (κ2) is 4.19. The quantitative estimate of drug-likeness (QED) is 0.657. The second-order valence-corrected chi connectivity index (χ2v) is 4.22. The Bertz CT molecular complexity index is 913. The number of hydrogen-bond acceptors (Lipinski definition) is 4. The molecule has 0 saturated carbocycles. The molecule has 0 radical (unpaired) electrons. The molecule has 92 valence electrons. The molecule has 0 fully saturated rings. The van der Waals surface area contributed by atoms with Gasteiger partial charge < -0.3 is 0 Å². The van der Waals surface area contributed by atoms with Crippen molar-refractivity contribution < 1.29 is 0 Å². The van der Waals surface area contributed by atoms with Crippen molar-refractivity contribution in [1.29, 1.82) is 5.26 Å². The van der Waals surface area contributed by atoms with Crippen LogP contribution in [0, 0.1) is 16.1 Å². The zero-order chi connectivity index (χ0) is 13.4. The Labute approximate surface area is 112 Å². The number of nitrogens with zero attached hydrogens (tertiary/aromatic N) is 3. The first-order valence-electron chi connectivity index (χ1n) is 5.41. The number of aromatic nitrogens is 4. The summed E-state index contributed by atoms with van der Waals surface area (Å²) in [5.41, 5.74) is 0.550. The van der Waals surface area contributed by atoms with Crippen LogP contribution in [-0.4, -0.2) is 19.6 Å². The van der Waals surface area contributed by atoms with Gasteiger partial charge in [-0.3, -0.25) is 15.0 Å². The van der Waals surface area contributed by atoms with Crippen molar-refractivity contribution in [1.82, 2.24) is 19.6 Å². The van der Waals surface area contributed by atoms with E-state index in [1.165, 1.54) is 4.40 Å². The highest BCUT2D eigenvalue weighted by molar-refractivity contribution is 7.71. The van der Waals surface area contributed by atoms with E-state index in [1.807, 2.05) is 24.3 Å². The molecule has 0 aliphatic heterocycles. The van der Waals surface area contributed by atoms with Gasteiger partial charge in [-0.25, -0.2) is 9.38 Å². The predicted molar refractivity (Wildman–Crippen MR) is 71.1 cm³/mol. The first kappa shape index (κ1) is 11.4. The molecule has 0 atom stereocenters. The zero-order valence-electron chi connectivity index (χ0n) is 9.54. The lowest BCUT2D eigenvalue weighted by Gasteiger charge is -2.02. The summed E-state index contributed by atoms with van der Waals surface area (Å²) in [4.78, 5) is 16.5. The van der Waals surface area contributed by atoms with Gasteiger partial charge in [-0.2, -0.15) is 5.26 Å². The molecule has 2 heterocycles. The van der Waals surface area contributed by atoms with E-state index in [4.69, 9.17) is 12.2 Å². The minimum atomic E-state index is -0.478. The third-order valence-electron chi connectivity index (χ3n) is 2.73. The average Bonchev–Trinajstić information content (AvgIpc) is 2.81. The molecule has 7 heteroatoms. The molecule has 0 bridgehead atoms.